The molecule has 0 saturated heterocycles. The number of hydrogen-bond acceptors (Lipinski definition) is 3. The summed E-state index contributed by atoms with van der Waals surface area (Å²) in [5.41, 5.74) is 30.3. The van der Waals surface area contributed by atoms with Gasteiger partial charge in [0.05, 0.1) is 11.2 Å². The molecular weight excluding hydrogens is 1040 g/mol. The van der Waals surface area contributed by atoms with E-state index in [1.807, 2.05) is 0 Å². The first-order valence-corrected chi connectivity index (χ1v) is 32.5. The summed E-state index contributed by atoms with van der Waals surface area (Å²) >= 11 is 0. The summed E-state index contributed by atoms with van der Waals surface area (Å²) in [5, 5.41) is 0. The quantitative estimate of drug-likeness (QED) is 0.154. The molecule has 9 aromatic carbocycles. The average Bonchev–Trinajstić information content (AvgIpc) is 1.11. The summed E-state index contributed by atoms with van der Waals surface area (Å²) in [5.74, 6) is 0. The van der Waals surface area contributed by atoms with Crippen molar-refractivity contribution >= 4 is 68.6 Å². The molecule has 3 aliphatic carbocycles. The third-order valence-corrected chi connectivity index (χ3v) is 22.9. The van der Waals surface area contributed by atoms with Gasteiger partial charge in [-0.2, -0.15) is 0 Å². The van der Waals surface area contributed by atoms with E-state index >= 15 is 0 Å². The zero-order chi connectivity index (χ0) is 59.7. The van der Waals surface area contributed by atoms with Gasteiger partial charge in [0.25, 0.3) is 6.71 Å². The number of hydrogen-bond donors (Lipinski definition) is 0. The Morgan fingerprint density at radius 1 is 0.349 bits per heavy atom. The zero-order valence-corrected chi connectivity index (χ0v) is 53.5. The van der Waals surface area contributed by atoms with Gasteiger partial charge >= 0.3 is 0 Å². The van der Waals surface area contributed by atoms with Gasteiger partial charge in [0, 0.05) is 50.8 Å². The van der Waals surface area contributed by atoms with Crippen LogP contribution in [-0.2, 0) is 32.5 Å². The Bertz CT molecular complexity index is 4220. The molecule has 86 heavy (non-hydrogen) atoms. The van der Waals surface area contributed by atoms with Crippen LogP contribution < -0.4 is 31.1 Å². The molecule has 2 unspecified atom stereocenters. The Morgan fingerprint density at radius 2 is 0.860 bits per heavy atom. The number of nitrogens with zero attached hydrogens (tertiary/aromatic N) is 3. The molecule has 0 spiro atoms. The molecule has 0 aromatic heterocycles. The van der Waals surface area contributed by atoms with Crippen LogP contribution in [0.3, 0.4) is 0 Å². The smallest absolute Gasteiger partial charge is 0.252 e. The van der Waals surface area contributed by atoms with E-state index in [-0.39, 0.29) is 44.7 Å². The first kappa shape index (κ1) is 55.1. The monoisotopic (exact) mass is 1120 g/mol. The van der Waals surface area contributed by atoms with Crippen molar-refractivity contribution in [2.24, 2.45) is 0 Å². The molecule has 3 aliphatic heterocycles. The minimum absolute atomic E-state index is 0.000475. The van der Waals surface area contributed by atoms with Crippen LogP contribution in [0.1, 0.15) is 175 Å². The molecule has 6 aliphatic rings. The van der Waals surface area contributed by atoms with Crippen LogP contribution in [0.4, 0.5) is 45.5 Å². The molecule has 0 amide bonds. The van der Waals surface area contributed by atoms with E-state index in [1.54, 1.807) is 0 Å². The van der Waals surface area contributed by atoms with E-state index in [2.05, 4.69) is 293 Å². The van der Waals surface area contributed by atoms with Crippen LogP contribution in [0.15, 0.2) is 188 Å². The summed E-state index contributed by atoms with van der Waals surface area (Å²) in [6.07, 6.45) is 9.31. The van der Waals surface area contributed by atoms with Gasteiger partial charge in [-0.15, -0.1) is 0 Å². The summed E-state index contributed by atoms with van der Waals surface area (Å²) in [6.45, 7) is 32.2. The van der Waals surface area contributed by atoms with E-state index in [4.69, 9.17) is 0 Å². The predicted molar refractivity (Wildman–Crippen MR) is 369 cm³/mol. The molecule has 2 atom stereocenters. The van der Waals surface area contributed by atoms with Crippen molar-refractivity contribution in [3.05, 3.63) is 221 Å². The highest BCUT2D eigenvalue weighted by atomic mass is 15.3. The van der Waals surface area contributed by atoms with Crippen molar-refractivity contribution in [2.45, 2.75) is 179 Å². The van der Waals surface area contributed by atoms with Gasteiger partial charge in [0.2, 0.25) is 0 Å². The highest BCUT2D eigenvalue weighted by molar-refractivity contribution is 7.00. The number of rotatable bonds is 6. The molecule has 0 radical (unpaired) electrons. The fourth-order valence-corrected chi connectivity index (χ4v) is 17.2. The van der Waals surface area contributed by atoms with E-state index < -0.39 is 0 Å². The van der Waals surface area contributed by atoms with Crippen molar-refractivity contribution in [3.63, 3.8) is 0 Å². The van der Waals surface area contributed by atoms with Gasteiger partial charge in [0.1, 0.15) is 0 Å². The predicted octanol–water partition coefficient (Wildman–Crippen LogP) is 20.5. The Balaban J connectivity index is 1.10. The average molecular weight is 1120 g/mol. The van der Waals surface area contributed by atoms with Crippen LogP contribution in [0, 0.1) is 0 Å². The minimum atomic E-state index is -0.206. The SMILES string of the molecule is CC(C)(C)c1ccc(N2c3ccc(-c4ccccc4)cc3B3c4cc5c(cc4N(c4ccc6c(c4)C(C)(C)CCC6(C)C)c4cc(N6c7ccc(-c8ccccc8)cc7C7(C)CCCCC67C)cc2c43)C(C)(C)CCC5(C)C)c(-c2ccccc2)c1. The molecule has 3 nitrogen and oxygen atoms in total. The highest BCUT2D eigenvalue weighted by Crippen LogP contribution is 2.63. The molecule has 1 fully saturated rings. The number of fused-ring (bicyclic) bond motifs is 9. The Morgan fingerprint density at radius 3 is 1.48 bits per heavy atom. The van der Waals surface area contributed by atoms with Crippen molar-refractivity contribution in [3.8, 4) is 33.4 Å². The Kier molecular flexibility index (Phi) is 12.1. The van der Waals surface area contributed by atoms with Crippen LogP contribution in [0.25, 0.3) is 33.4 Å². The molecule has 1 saturated carbocycles. The lowest BCUT2D eigenvalue weighted by Crippen LogP contribution is -2.62. The lowest BCUT2D eigenvalue weighted by atomic mass is 9.33. The van der Waals surface area contributed by atoms with Gasteiger partial charge in [-0.05, 0) is 211 Å². The molecular formula is C82H86BN3. The second kappa shape index (κ2) is 19.0. The largest absolute Gasteiger partial charge is 0.334 e. The summed E-state index contributed by atoms with van der Waals surface area (Å²) in [7, 11) is 0. The van der Waals surface area contributed by atoms with Crippen molar-refractivity contribution in [1.82, 2.24) is 0 Å². The second-order valence-electron chi connectivity index (χ2n) is 31.0. The van der Waals surface area contributed by atoms with Crippen LogP contribution in [0.5, 0.6) is 0 Å². The number of anilines is 8. The standard InChI is InChI=1S/C82H86BN3/c1-76(2,3)58-33-38-69(61(47-58)55-29-21-16-22-30-55)85-71-37-32-57(54-27-19-15-20-28-54)46-67(71)83-68-51-64-65(80(10,11)44-43-79(64,8)9)52-72(68)84(59-34-35-62-63(48-59)78(6,7)42-41-77(62,4)5)73-49-60(50-74(85)75(73)83)86-70-36-31-56(53-25-17-14-18-26-53)45-66(70)81(12)39-23-24-40-82(81,86)13/h14-22,25-38,45-52H,23-24,39-44H2,1-13H3. The first-order chi connectivity index (χ1) is 41.0. The zero-order valence-electron chi connectivity index (χ0n) is 53.5. The van der Waals surface area contributed by atoms with Gasteiger partial charge in [-0.1, -0.05) is 223 Å². The molecule has 4 heteroatoms. The topological polar surface area (TPSA) is 9.72 Å². The van der Waals surface area contributed by atoms with E-state index in [0.29, 0.717) is 0 Å². The molecule has 0 N–H and O–H groups in total. The van der Waals surface area contributed by atoms with E-state index in [1.165, 1.54) is 148 Å². The summed E-state index contributed by atoms with van der Waals surface area (Å²) in [6, 6.07) is 74.3. The number of benzene rings is 9. The third-order valence-electron chi connectivity index (χ3n) is 22.9. The normalized spacial score (nSPS) is 21.5. The lowest BCUT2D eigenvalue weighted by molar-refractivity contribution is 0.195. The highest BCUT2D eigenvalue weighted by Gasteiger charge is 2.58. The van der Waals surface area contributed by atoms with Crippen LogP contribution in [0.2, 0.25) is 0 Å². The van der Waals surface area contributed by atoms with Gasteiger partial charge in [-0.3, -0.25) is 0 Å². The molecule has 432 valence electrons. The van der Waals surface area contributed by atoms with E-state index in [9.17, 15) is 0 Å². The van der Waals surface area contributed by atoms with E-state index in [0.717, 1.165) is 32.1 Å². The molecule has 3 heterocycles. The maximum Gasteiger partial charge on any atom is 0.252 e. The fraction of sp³-hybridized carbons (Fsp3) is 0.341. The molecule has 9 aromatic rings. The molecule has 15 rings (SSSR count). The lowest BCUT2D eigenvalue weighted by Gasteiger charge is -2.51. The minimum Gasteiger partial charge on any atom is -0.334 e. The van der Waals surface area contributed by atoms with Gasteiger partial charge in [0.15, 0.2) is 0 Å². The Labute approximate surface area is 514 Å². The third kappa shape index (κ3) is 8.19. The van der Waals surface area contributed by atoms with Crippen LogP contribution in [-0.4, -0.2) is 12.3 Å². The maximum atomic E-state index is 2.86. The van der Waals surface area contributed by atoms with Gasteiger partial charge in [-0.25, -0.2) is 0 Å². The first-order valence-electron chi connectivity index (χ1n) is 32.5. The molecule has 0 bridgehead atoms. The Hall–Kier alpha value is -7.56. The summed E-state index contributed by atoms with van der Waals surface area (Å²) < 4.78 is 0. The van der Waals surface area contributed by atoms with Crippen molar-refractivity contribution in [2.75, 3.05) is 14.7 Å². The summed E-state index contributed by atoms with van der Waals surface area (Å²) in [4.78, 5) is 8.37. The van der Waals surface area contributed by atoms with Crippen molar-refractivity contribution in [1.29, 1.82) is 0 Å². The van der Waals surface area contributed by atoms with Crippen molar-refractivity contribution < 1.29 is 0 Å². The maximum absolute atomic E-state index is 2.86. The fourth-order valence-electron chi connectivity index (χ4n) is 17.2. The van der Waals surface area contributed by atoms with Gasteiger partial charge < -0.3 is 14.7 Å². The second-order valence-corrected chi connectivity index (χ2v) is 31.0. The van der Waals surface area contributed by atoms with Crippen LogP contribution >= 0.6 is 0 Å².